The fraction of sp³-hybridized carbons (Fsp3) is 1.00. The second-order valence-electron chi connectivity index (χ2n) is 5.74. The van der Waals surface area contributed by atoms with Gasteiger partial charge in [0.1, 0.15) is 0 Å². The molecule has 16 heavy (non-hydrogen) atoms. The van der Waals surface area contributed by atoms with Gasteiger partial charge in [-0.15, -0.1) is 0 Å². The zero-order valence-corrected chi connectivity index (χ0v) is 10.7. The van der Waals surface area contributed by atoms with Crippen molar-refractivity contribution in [3.05, 3.63) is 0 Å². The summed E-state index contributed by atoms with van der Waals surface area (Å²) in [4.78, 5) is 5.03. The molecule has 0 bridgehead atoms. The van der Waals surface area contributed by atoms with Crippen LogP contribution in [0.25, 0.3) is 0 Å². The molecule has 2 aliphatic rings. The number of nitrogens with two attached hydrogens (primary N) is 1. The van der Waals surface area contributed by atoms with Crippen molar-refractivity contribution in [1.82, 2.24) is 9.80 Å². The van der Waals surface area contributed by atoms with Crippen LogP contribution in [0.3, 0.4) is 0 Å². The third kappa shape index (κ3) is 3.72. The van der Waals surface area contributed by atoms with E-state index in [0.29, 0.717) is 6.04 Å². The van der Waals surface area contributed by atoms with Gasteiger partial charge in [0.15, 0.2) is 0 Å². The van der Waals surface area contributed by atoms with E-state index in [4.69, 9.17) is 5.73 Å². The molecule has 0 radical (unpaired) electrons. The van der Waals surface area contributed by atoms with Crippen molar-refractivity contribution in [3.8, 4) is 0 Å². The van der Waals surface area contributed by atoms with E-state index >= 15 is 0 Å². The molecule has 0 aromatic carbocycles. The molecular weight excluding hydrogens is 198 g/mol. The SMILES string of the molecule is CN1CCC(CCN2CCCC(N)C2)CC1. The van der Waals surface area contributed by atoms with Gasteiger partial charge in [-0.25, -0.2) is 0 Å². The summed E-state index contributed by atoms with van der Waals surface area (Å²) in [7, 11) is 2.24. The van der Waals surface area contributed by atoms with Crippen LogP contribution in [-0.2, 0) is 0 Å². The van der Waals surface area contributed by atoms with Crippen LogP contribution in [-0.4, -0.2) is 55.6 Å². The Morgan fingerprint density at radius 3 is 2.56 bits per heavy atom. The van der Waals surface area contributed by atoms with Gasteiger partial charge in [-0.2, -0.15) is 0 Å². The minimum Gasteiger partial charge on any atom is -0.327 e. The third-order valence-electron chi connectivity index (χ3n) is 4.23. The van der Waals surface area contributed by atoms with Gasteiger partial charge in [0, 0.05) is 12.6 Å². The van der Waals surface area contributed by atoms with Crippen molar-refractivity contribution in [2.24, 2.45) is 11.7 Å². The van der Waals surface area contributed by atoms with Crippen molar-refractivity contribution in [3.63, 3.8) is 0 Å². The van der Waals surface area contributed by atoms with E-state index in [2.05, 4.69) is 16.8 Å². The Bertz CT molecular complexity index is 199. The average molecular weight is 225 g/mol. The van der Waals surface area contributed by atoms with Crippen LogP contribution in [0.4, 0.5) is 0 Å². The summed E-state index contributed by atoms with van der Waals surface area (Å²) in [5.74, 6) is 0.967. The molecule has 2 heterocycles. The van der Waals surface area contributed by atoms with Gasteiger partial charge in [-0.05, 0) is 71.2 Å². The summed E-state index contributed by atoms with van der Waals surface area (Å²) in [6.07, 6.45) is 6.71. The number of hydrogen-bond donors (Lipinski definition) is 1. The maximum atomic E-state index is 6.00. The van der Waals surface area contributed by atoms with E-state index in [1.807, 2.05) is 0 Å². The molecule has 0 aromatic heterocycles. The molecule has 0 aromatic rings. The van der Waals surface area contributed by atoms with Crippen molar-refractivity contribution in [2.45, 2.75) is 38.1 Å². The van der Waals surface area contributed by atoms with Gasteiger partial charge in [0.25, 0.3) is 0 Å². The molecule has 0 aliphatic carbocycles. The van der Waals surface area contributed by atoms with E-state index < -0.39 is 0 Å². The van der Waals surface area contributed by atoms with Gasteiger partial charge in [0.2, 0.25) is 0 Å². The summed E-state index contributed by atoms with van der Waals surface area (Å²) in [6.45, 7) is 6.28. The molecule has 0 saturated carbocycles. The molecule has 0 amide bonds. The lowest BCUT2D eigenvalue weighted by atomic mass is 9.93. The third-order valence-corrected chi connectivity index (χ3v) is 4.23. The Labute approximate surface area is 100.0 Å². The van der Waals surface area contributed by atoms with E-state index in [9.17, 15) is 0 Å². The van der Waals surface area contributed by atoms with Crippen LogP contribution >= 0.6 is 0 Å². The highest BCUT2D eigenvalue weighted by atomic mass is 15.1. The fourth-order valence-corrected chi connectivity index (χ4v) is 3.01. The topological polar surface area (TPSA) is 32.5 Å². The Kier molecular flexibility index (Phi) is 4.62. The molecule has 0 spiro atoms. The molecule has 2 saturated heterocycles. The summed E-state index contributed by atoms with van der Waals surface area (Å²) < 4.78 is 0. The van der Waals surface area contributed by atoms with Crippen molar-refractivity contribution < 1.29 is 0 Å². The van der Waals surface area contributed by atoms with Crippen molar-refractivity contribution in [1.29, 1.82) is 0 Å². The second kappa shape index (κ2) is 5.99. The zero-order chi connectivity index (χ0) is 11.4. The molecule has 1 unspecified atom stereocenters. The highest BCUT2D eigenvalue weighted by Crippen LogP contribution is 2.20. The molecule has 2 rings (SSSR count). The Morgan fingerprint density at radius 1 is 1.12 bits per heavy atom. The largest absolute Gasteiger partial charge is 0.327 e. The van der Waals surface area contributed by atoms with E-state index in [1.54, 1.807) is 0 Å². The standard InChI is InChI=1S/C13H27N3/c1-15-8-4-12(5-9-15)6-10-16-7-2-3-13(14)11-16/h12-13H,2-11,14H2,1H3. The molecule has 1 atom stereocenters. The lowest BCUT2D eigenvalue weighted by Crippen LogP contribution is -2.43. The number of nitrogens with zero attached hydrogens (tertiary/aromatic N) is 2. The van der Waals surface area contributed by atoms with Gasteiger partial charge >= 0.3 is 0 Å². The molecule has 2 fully saturated rings. The maximum absolute atomic E-state index is 6.00. The van der Waals surface area contributed by atoms with E-state index in [1.165, 1.54) is 58.3 Å². The second-order valence-corrected chi connectivity index (χ2v) is 5.74. The van der Waals surface area contributed by atoms with Gasteiger partial charge < -0.3 is 15.5 Å². The van der Waals surface area contributed by atoms with Crippen molar-refractivity contribution >= 4 is 0 Å². The first-order valence-corrected chi connectivity index (χ1v) is 6.90. The predicted molar refractivity (Wildman–Crippen MR) is 68.5 cm³/mol. The van der Waals surface area contributed by atoms with Crippen molar-refractivity contribution in [2.75, 3.05) is 39.8 Å². The zero-order valence-electron chi connectivity index (χ0n) is 10.7. The van der Waals surface area contributed by atoms with Crippen LogP contribution < -0.4 is 5.73 Å². The van der Waals surface area contributed by atoms with Crippen LogP contribution in [0.2, 0.25) is 0 Å². The lowest BCUT2D eigenvalue weighted by molar-refractivity contribution is 0.165. The van der Waals surface area contributed by atoms with Gasteiger partial charge in [0.05, 0.1) is 0 Å². The normalized spacial score (nSPS) is 30.8. The molecular formula is C13H27N3. The number of rotatable bonds is 3. The van der Waals surface area contributed by atoms with Gasteiger partial charge in [-0.1, -0.05) is 0 Å². The quantitative estimate of drug-likeness (QED) is 0.782. The lowest BCUT2D eigenvalue weighted by Gasteiger charge is -2.33. The number of piperidine rings is 2. The Hall–Kier alpha value is -0.120. The molecule has 3 heteroatoms. The Morgan fingerprint density at radius 2 is 1.88 bits per heavy atom. The minimum absolute atomic E-state index is 0.436. The first-order chi connectivity index (χ1) is 7.74. The summed E-state index contributed by atoms with van der Waals surface area (Å²) in [6, 6.07) is 0.436. The minimum atomic E-state index is 0.436. The van der Waals surface area contributed by atoms with E-state index in [0.717, 1.165) is 12.5 Å². The fourth-order valence-electron chi connectivity index (χ4n) is 3.01. The summed E-state index contributed by atoms with van der Waals surface area (Å²) in [5, 5.41) is 0. The van der Waals surface area contributed by atoms with Crippen LogP contribution in [0.1, 0.15) is 32.1 Å². The summed E-state index contributed by atoms with van der Waals surface area (Å²) in [5.41, 5.74) is 6.00. The van der Waals surface area contributed by atoms with Gasteiger partial charge in [-0.3, -0.25) is 0 Å². The molecule has 2 N–H and O–H groups in total. The number of likely N-dealkylation sites (tertiary alicyclic amines) is 2. The highest BCUT2D eigenvalue weighted by Gasteiger charge is 2.20. The Balaban J connectivity index is 1.63. The molecule has 2 aliphatic heterocycles. The van der Waals surface area contributed by atoms with Crippen LogP contribution in [0.15, 0.2) is 0 Å². The van der Waals surface area contributed by atoms with E-state index in [-0.39, 0.29) is 0 Å². The molecule has 94 valence electrons. The van der Waals surface area contributed by atoms with Crippen LogP contribution in [0.5, 0.6) is 0 Å². The predicted octanol–water partition coefficient (Wildman–Crippen LogP) is 1.14. The monoisotopic (exact) mass is 225 g/mol. The smallest absolute Gasteiger partial charge is 0.0168 e. The first kappa shape index (κ1) is 12.3. The average Bonchev–Trinajstić information content (AvgIpc) is 2.28. The first-order valence-electron chi connectivity index (χ1n) is 6.90. The van der Waals surface area contributed by atoms with Crippen LogP contribution in [0, 0.1) is 5.92 Å². The maximum Gasteiger partial charge on any atom is 0.0168 e. The number of hydrogen-bond acceptors (Lipinski definition) is 3. The highest BCUT2D eigenvalue weighted by molar-refractivity contribution is 4.77. The molecule has 3 nitrogen and oxygen atoms in total. The summed E-state index contributed by atoms with van der Waals surface area (Å²) >= 11 is 0.